The molecule has 1 unspecified atom stereocenters. The number of hydrogen-bond acceptors (Lipinski definition) is 6. The topological polar surface area (TPSA) is 109 Å². The van der Waals surface area contributed by atoms with Gasteiger partial charge in [0.25, 0.3) is 0 Å². The number of ether oxygens (including phenoxy) is 1. The van der Waals surface area contributed by atoms with Crippen molar-refractivity contribution >= 4 is 21.8 Å². The lowest BCUT2D eigenvalue weighted by Gasteiger charge is -2.24. The highest BCUT2D eigenvalue weighted by Crippen LogP contribution is 2.24. The van der Waals surface area contributed by atoms with Crippen molar-refractivity contribution in [3.8, 4) is 0 Å². The Labute approximate surface area is 122 Å². The van der Waals surface area contributed by atoms with Crippen molar-refractivity contribution in [3.05, 3.63) is 18.3 Å². The molecule has 0 aliphatic carbocycles. The average Bonchev–Trinajstić information content (AvgIpc) is 2.89. The molecule has 2 heterocycles. The van der Waals surface area contributed by atoms with Crippen LogP contribution in [0.2, 0.25) is 0 Å². The molecule has 2 N–H and O–H groups in total. The summed E-state index contributed by atoms with van der Waals surface area (Å²) in [4.78, 5) is 15.4. The maximum atomic E-state index is 11.9. The minimum absolute atomic E-state index is 0.0434. The van der Waals surface area contributed by atoms with E-state index in [2.05, 4.69) is 10.3 Å². The summed E-state index contributed by atoms with van der Waals surface area (Å²) in [6.07, 6.45) is 1.52. The molecule has 1 fully saturated rings. The van der Waals surface area contributed by atoms with Gasteiger partial charge in [-0.25, -0.2) is 22.5 Å². The monoisotopic (exact) mass is 315 g/mol. The lowest BCUT2D eigenvalue weighted by molar-refractivity contribution is -0.142. The quantitative estimate of drug-likeness (QED) is 0.786. The molecule has 9 heteroatoms. The van der Waals surface area contributed by atoms with Crippen molar-refractivity contribution in [1.29, 1.82) is 0 Å². The average molecular weight is 315 g/mol. The number of rotatable bonds is 5. The van der Waals surface area contributed by atoms with Crippen LogP contribution >= 0.6 is 0 Å². The molecule has 1 aromatic heterocycles. The van der Waals surface area contributed by atoms with Crippen LogP contribution in [0.5, 0.6) is 0 Å². The van der Waals surface area contributed by atoms with Crippen molar-refractivity contribution in [2.75, 3.05) is 32.6 Å². The Morgan fingerprint density at radius 1 is 1.48 bits per heavy atom. The van der Waals surface area contributed by atoms with Crippen molar-refractivity contribution in [1.82, 2.24) is 9.29 Å². The molecule has 1 aliphatic rings. The Morgan fingerprint density at radius 3 is 2.62 bits per heavy atom. The molecule has 0 saturated carbocycles. The van der Waals surface area contributed by atoms with Crippen LogP contribution in [0.15, 0.2) is 23.2 Å². The SMILES string of the molecule is CN(C)S(=O)(=O)c1ccc(NC2(C(=O)O)CCOC2)nc1. The molecule has 0 bridgehead atoms. The molecule has 0 spiro atoms. The first-order chi connectivity index (χ1) is 9.78. The minimum atomic E-state index is -3.55. The standard InChI is InChI=1S/C12H17N3O5S/c1-15(2)21(18,19)9-3-4-10(13-7-9)14-12(11(16)17)5-6-20-8-12/h3-4,7H,5-6,8H2,1-2H3,(H,13,14)(H,16,17). The number of carboxylic acids is 1. The van der Waals surface area contributed by atoms with Gasteiger partial charge in [-0.15, -0.1) is 0 Å². The first-order valence-corrected chi connectivity index (χ1v) is 7.70. The predicted molar refractivity (Wildman–Crippen MR) is 74.5 cm³/mol. The van der Waals surface area contributed by atoms with Gasteiger partial charge < -0.3 is 15.2 Å². The maximum Gasteiger partial charge on any atom is 0.331 e. The number of pyridine rings is 1. The van der Waals surface area contributed by atoms with E-state index in [1.54, 1.807) is 0 Å². The zero-order chi connectivity index (χ0) is 15.7. The molecule has 2 rings (SSSR count). The van der Waals surface area contributed by atoms with Crippen LogP contribution in [0.25, 0.3) is 0 Å². The number of hydrogen-bond donors (Lipinski definition) is 2. The van der Waals surface area contributed by atoms with E-state index in [0.717, 1.165) is 4.31 Å². The van der Waals surface area contributed by atoms with Crippen LogP contribution in [-0.2, 0) is 19.6 Å². The second kappa shape index (κ2) is 5.58. The summed E-state index contributed by atoms with van der Waals surface area (Å²) >= 11 is 0. The fourth-order valence-electron chi connectivity index (χ4n) is 1.95. The molecule has 0 amide bonds. The van der Waals surface area contributed by atoms with E-state index in [0.29, 0.717) is 18.8 Å². The molecular weight excluding hydrogens is 298 g/mol. The van der Waals surface area contributed by atoms with Gasteiger partial charge in [-0.05, 0) is 12.1 Å². The Balaban J connectivity index is 2.22. The molecule has 116 valence electrons. The van der Waals surface area contributed by atoms with Gasteiger partial charge >= 0.3 is 5.97 Å². The molecule has 1 aliphatic heterocycles. The predicted octanol–water partition coefficient (Wildman–Crippen LogP) is -0.0125. The van der Waals surface area contributed by atoms with Gasteiger partial charge in [-0.3, -0.25) is 0 Å². The fourth-order valence-corrected chi connectivity index (χ4v) is 2.80. The Morgan fingerprint density at radius 2 is 2.19 bits per heavy atom. The van der Waals surface area contributed by atoms with Crippen LogP contribution in [0.1, 0.15) is 6.42 Å². The summed E-state index contributed by atoms with van der Waals surface area (Å²) in [5.41, 5.74) is -1.21. The fraction of sp³-hybridized carbons (Fsp3) is 0.500. The van der Waals surface area contributed by atoms with E-state index in [4.69, 9.17) is 4.74 Å². The summed E-state index contributed by atoms with van der Waals surface area (Å²) in [6.45, 7) is 0.397. The number of nitrogens with zero attached hydrogens (tertiary/aromatic N) is 2. The van der Waals surface area contributed by atoms with Gasteiger partial charge in [0.2, 0.25) is 10.0 Å². The van der Waals surface area contributed by atoms with E-state index in [1.165, 1.54) is 32.4 Å². The molecule has 21 heavy (non-hydrogen) atoms. The number of nitrogens with one attached hydrogen (secondary N) is 1. The molecule has 1 atom stereocenters. The van der Waals surface area contributed by atoms with Crippen LogP contribution in [-0.4, -0.2) is 61.6 Å². The van der Waals surface area contributed by atoms with E-state index >= 15 is 0 Å². The number of sulfonamides is 1. The Hall–Kier alpha value is -1.71. The summed E-state index contributed by atoms with van der Waals surface area (Å²) in [5, 5.41) is 12.1. The van der Waals surface area contributed by atoms with Gasteiger partial charge in [0.1, 0.15) is 10.7 Å². The minimum Gasteiger partial charge on any atom is -0.479 e. The number of carboxylic acid groups (broad SMARTS) is 1. The van der Waals surface area contributed by atoms with Gasteiger partial charge in [0.15, 0.2) is 5.54 Å². The van der Waals surface area contributed by atoms with Crippen LogP contribution in [0.4, 0.5) is 5.82 Å². The summed E-state index contributed by atoms with van der Waals surface area (Å²) in [7, 11) is -0.696. The second-order valence-electron chi connectivity index (χ2n) is 4.98. The third-order valence-electron chi connectivity index (χ3n) is 3.31. The lowest BCUT2D eigenvalue weighted by Crippen LogP contribution is -2.47. The highest BCUT2D eigenvalue weighted by atomic mass is 32.2. The third-order valence-corrected chi connectivity index (χ3v) is 5.11. The van der Waals surface area contributed by atoms with E-state index < -0.39 is 21.5 Å². The number of anilines is 1. The molecule has 1 aromatic rings. The molecule has 8 nitrogen and oxygen atoms in total. The van der Waals surface area contributed by atoms with E-state index in [-0.39, 0.29) is 11.5 Å². The zero-order valence-corrected chi connectivity index (χ0v) is 12.6. The Bertz CT molecular complexity index is 621. The van der Waals surface area contributed by atoms with Crippen molar-refractivity contribution in [2.24, 2.45) is 0 Å². The van der Waals surface area contributed by atoms with Crippen molar-refractivity contribution in [3.63, 3.8) is 0 Å². The van der Waals surface area contributed by atoms with E-state index in [9.17, 15) is 18.3 Å². The van der Waals surface area contributed by atoms with Gasteiger partial charge in [0, 0.05) is 33.3 Å². The van der Waals surface area contributed by atoms with Gasteiger partial charge in [-0.1, -0.05) is 0 Å². The highest BCUT2D eigenvalue weighted by Gasteiger charge is 2.42. The first kappa shape index (κ1) is 15.7. The van der Waals surface area contributed by atoms with Crippen molar-refractivity contribution < 1.29 is 23.1 Å². The number of carbonyl (C=O) groups is 1. The van der Waals surface area contributed by atoms with Gasteiger partial charge in [-0.2, -0.15) is 0 Å². The number of aliphatic carboxylic acids is 1. The maximum absolute atomic E-state index is 11.9. The molecular formula is C12H17N3O5S. The van der Waals surface area contributed by atoms with Crippen LogP contribution in [0.3, 0.4) is 0 Å². The lowest BCUT2D eigenvalue weighted by atomic mass is 9.99. The van der Waals surface area contributed by atoms with Gasteiger partial charge in [0.05, 0.1) is 6.61 Å². The largest absolute Gasteiger partial charge is 0.479 e. The normalized spacial score (nSPS) is 22.4. The van der Waals surface area contributed by atoms with Crippen LogP contribution in [0, 0.1) is 0 Å². The van der Waals surface area contributed by atoms with E-state index in [1.807, 2.05) is 0 Å². The molecule has 0 radical (unpaired) electrons. The smallest absolute Gasteiger partial charge is 0.331 e. The van der Waals surface area contributed by atoms with Crippen LogP contribution < -0.4 is 5.32 Å². The summed E-state index contributed by atoms with van der Waals surface area (Å²) in [5.74, 6) is -0.729. The molecule has 1 saturated heterocycles. The van der Waals surface area contributed by atoms with Crippen molar-refractivity contribution in [2.45, 2.75) is 16.9 Å². The third kappa shape index (κ3) is 2.99. The highest BCUT2D eigenvalue weighted by molar-refractivity contribution is 7.89. The molecule has 0 aromatic carbocycles. The summed E-state index contributed by atoms with van der Waals surface area (Å²) in [6, 6.07) is 2.83. The Kier molecular flexibility index (Phi) is 4.17. The summed E-state index contributed by atoms with van der Waals surface area (Å²) < 4.78 is 30.0. The first-order valence-electron chi connectivity index (χ1n) is 6.26. The number of aromatic nitrogens is 1. The second-order valence-corrected chi connectivity index (χ2v) is 7.13. The zero-order valence-electron chi connectivity index (χ0n) is 11.7.